The number of aromatic hydroxyl groups is 1. The van der Waals surface area contributed by atoms with Crippen molar-refractivity contribution in [3.05, 3.63) is 54.1 Å². The third kappa shape index (κ3) is 3.39. The van der Waals surface area contributed by atoms with Crippen molar-refractivity contribution in [1.29, 1.82) is 0 Å². The van der Waals surface area contributed by atoms with E-state index in [0.29, 0.717) is 18.1 Å². The summed E-state index contributed by atoms with van der Waals surface area (Å²) in [5.41, 5.74) is 6.85. The van der Waals surface area contributed by atoms with Gasteiger partial charge in [-0.05, 0) is 29.8 Å². The van der Waals surface area contributed by atoms with Crippen LogP contribution in [-0.4, -0.2) is 18.8 Å². The van der Waals surface area contributed by atoms with Crippen molar-refractivity contribution in [2.45, 2.75) is 6.04 Å². The van der Waals surface area contributed by atoms with Crippen molar-refractivity contribution in [2.75, 3.05) is 13.7 Å². The molecular weight excluding hydrogens is 242 g/mol. The molecule has 0 radical (unpaired) electrons. The molecule has 0 aliphatic rings. The van der Waals surface area contributed by atoms with Crippen LogP contribution in [0.3, 0.4) is 0 Å². The standard InChI is InChI=1S/C15H17NO3/c1-18-14-7-2-3-8-15(14)19-10-13(16)11-5-4-6-12(17)9-11/h2-9,13,17H,10,16H2,1H3. The van der Waals surface area contributed by atoms with E-state index in [9.17, 15) is 5.11 Å². The average molecular weight is 259 g/mol. The number of benzene rings is 2. The highest BCUT2D eigenvalue weighted by Crippen LogP contribution is 2.27. The van der Waals surface area contributed by atoms with Crippen LogP contribution in [0.1, 0.15) is 11.6 Å². The van der Waals surface area contributed by atoms with Crippen LogP contribution in [0.4, 0.5) is 0 Å². The van der Waals surface area contributed by atoms with Crippen molar-refractivity contribution in [2.24, 2.45) is 5.73 Å². The van der Waals surface area contributed by atoms with Crippen LogP contribution in [-0.2, 0) is 0 Å². The Balaban J connectivity index is 2.02. The van der Waals surface area contributed by atoms with Gasteiger partial charge in [-0.25, -0.2) is 0 Å². The highest BCUT2D eigenvalue weighted by molar-refractivity contribution is 5.39. The van der Waals surface area contributed by atoms with E-state index in [4.69, 9.17) is 15.2 Å². The molecule has 4 nitrogen and oxygen atoms in total. The lowest BCUT2D eigenvalue weighted by atomic mass is 10.1. The van der Waals surface area contributed by atoms with E-state index in [0.717, 1.165) is 5.56 Å². The number of hydrogen-bond donors (Lipinski definition) is 2. The second-order valence-corrected chi connectivity index (χ2v) is 4.16. The Bertz CT molecular complexity index is 542. The van der Waals surface area contributed by atoms with Crippen molar-refractivity contribution in [3.63, 3.8) is 0 Å². The second-order valence-electron chi connectivity index (χ2n) is 4.16. The van der Waals surface area contributed by atoms with Gasteiger partial charge in [-0.15, -0.1) is 0 Å². The quantitative estimate of drug-likeness (QED) is 0.865. The molecule has 0 saturated carbocycles. The average Bonchev–Trinajstić information content (AvgIpc) is 2.45. The molecule has 1 unspecified atom stereocenters. The number of hydrogen-bond acceptors (Lipinski definition) is 4. The molecule has 0 amide bonds. The lowest BCUT2D eigenvalue weighted by Crippen LogP contribution is -2.19. The smallest absolute Gasteiger partial charge is 0.161 e. The van der Waals surface area contributed by atoms with E-state index in [-0.39, 0.29) is 11.8 Å². The first-order valence-corrected chi connectivity index (χ1v) is 6.01. The van der Waals surface area contributed by atoms with Gasteiger partial charge < -0.3 is 20.3 Å². The van der Waals surface area contributed by atoms with Crippen LogP contribution in [0.2, 0.25) is 0 Å². The van der Waals surface area contributed by atoms with E-state index >= 15 is 0 Å². The Kier molecular flexibility index (Phi) is 4.26. The first-order valence-electron chi connectivity index (χ1n) is 6.01. The third-order valence-corrected chi connectivity index (χ3v) is 2.79. The summed E-state index contributed by atoms with van der Waals surface area (Å²) < 4.78 is 10.8. The van der Waals surface area contributed by atoms with Crippen molar-refractivity contribution in [1.82, 2.24) is 0 Å². The van der Waals surface area contributed by atoms with E-state index < -0.39 is 0 Å². The zero-order valence-electron chi connectivity index (χ0n) is 10.7. The van der Waals surface area contributed by atoms with Gasteiger partial charge in [0.2, 0.25) is 0 Å². The van der Waals surface area contributed by atoms with Crippen LogP contribution in [0.25, 0.3) is 0 Å². The number of para-hydroxylation sites is 2. The number of nitrogens with two attached hydrogens (primary N) is 1. The van der Waals surface area contributed by atoms with Crippen LogP contribution in [0, 0.1) is 0 Å². The van der Waals surface area contributed by atoms with E-state index in [1.165, 1.54) is 0 Å². The van der Waals surface area contributed by atoms with Crippen LogP contribution >= 0.6 is 0 Å². The molecule has 0 aliphatic heterocycles. The first-order chi connectivity index (χ1) is 9.20. The molecule has 100 valence electrons. The van der Waals surface area contributed by atoms with Gasteiger partial charge in [-0.2, -0.15) is 0 Å². The zero-order valence-corrected chi connectivity index (χ0v) is 10.7. The molecule has 1 atom stereocenters. The van der Waals surface area contributed by atoms with E-state index in [1.807, 2.05) is 30.3 Å². The third-order valence-electron chi connectivity index (χ3n) is 2.79. The maximum absolute atomic E-state index is 9.41. The highest BCUT2D eigenvalue weighted by Gasteiger charge is 2.09. The minimum atomic E-state index is -0.308. The molecule has 0 bridgehead atoms. The summed E-state index contributed by atoms with van der Waals surface area (Å²) in [6, 6.07) is 14.0. The lowest BCUT2D eigenvalue weighted by Gasteiger charge is -2.15. The number of rotatable bonds is 5. The Morgan fingerprint density at radius 3 is 2.53 bits per heavy atom. The molecule has 0 aliphatic carbocycles. The number of methoxy groups -OCH3 is 1. The fourth-order valence-electron chi connectivity index (χ4n) is 1.77. The maximum atomic E-state index is 9.41. The number of phenols is 1. The van der Waals surface area contributed by atoms with Crippen molar-refractivity contribution >= 4 is 0 Å². The summed E-state index contributed by atoms with van der Waals surface area (Å²) in [4.78, 5) is 0. The van der Waals surface area contributed by atoms with Crippen molar-refractivity contribution in [3.8, 4) is 17.2 Å². The summed E-state index contributed by atoms with van der Waals surface area (Å²) in [7, 11) is 1.59. The number of ether oxygens (including phenoxy) is 2. The van der Waals surface area contributed by atoms with E-state index in [1.54, 1.807) is 25.3 Å². The molecule has 19 heavy (non-hydrogen) atoms. The topological polar surface area (TPSA) is 64.7 Å². The summed E-state index contributed by atoms with van der Waals surface area (Å²) in [6.07, 6.45) is 0. The summed E-state index contributed by atoms with van der Waals surface area (Å²) >= 11 is 0. The fourth-order valence-corrected chi connectivity index (χ4v) is 1.77. The minimum Gasteiger partial charge on any atom is -0.508 e. The van der Waals surface area contributed by atoms with Gasteiger partial charge in [0.15, 0.2) is 11.5 Å². The predicted molar refractivity (Wildman–Crippen MR) is 73.5 cm³/mol. The van der Waals surface area contributed by atoms with Crippen molar-refractivity contribution < 1.29 is 14.6 Å². The van der Waals surface area contributed by atoms with E-state index in [2.05, 4.69) is 0 Å². The predicted octanol–water partition coefficient (Wildman–Crippen LogP) is 2.48. The monoisotopic (exact) mass is 259 g/mol. The Labute approximate surface area is 112 Å². The Morgan fingerprint density at radius 2 is 1.84 bits per heavy atom. The molecular formula is C15H17NO3. The SMILES string of the molecule is COc1ccccc1OCC(N)c1cccc(O)c1. The van der Waals surface area contributed by atoms with Gasteiger partial charge >= 0.3 is 0 Å². The molecule has 3 N–H and O–H groups in total. The maximum Gasteiger partial charge on any atom is 0.161 e. The molecule has 2 aromatic carbocycles. The Hall–Kier alpha value is -2.20. The largest absolute Gasteiger partial charge is 0.508 e. The van der Waals surface area contributed by atoms with Crippen LogP contribution < -0.4 is 15.2 Å². The van der Waals surface area contributed by atoms with Gasteiger partial charge in [0.05, 0.1) is 13.2 Å². The van der Waals surface area contributed by atoms with Gasteiger partial charge in [0, 0.05) is 0 Å². The first kappa shape index (κ1) is 13.2. The molecule has 0 heterocycles. The minimum absolute atomic E-state index is 0.199. The molecule has 0 aromatic heterocycles. The zero-order chi connectivity index (χ0) is 13.7. The van der Waals surface area contributed by atoms with Crippen LogP contribution in [0.5, 0.6) is 17.2 Å². The second kappa shape index (κ2) is 6.11. The van der Waals surface area contributed by atoms with Gasteiger partial charge in [-0.3, -0.25) is 0 Å². The van der Waals surface area contributed by atoms with Gasteiger partial charge in [-0.1, -0.05) is 24.3 Å². The Morgan fingerprint density at radius 1 is 1.11 bits per heavy atom. The molecule has 0 fully saturated rings. The van der Waals surface area contributed by atoms with Crippen LogP contribution in [0.15, 0.2) is 48.5 Å². The summed E-state index contributed by atoms with van der Waals surface area (Å²) in [5.74, 6) is 1.52. The lowest BCUT2D eigenvalue weighted by molar-refractivity contribution is 0.273. The highest BCUT2D eigenvalue weighted by atomic mass is 16.5. The number of phenolic OH excluding ortho intramolecular Hbond substituents is 1. The molecule has 0 saturated heterocycles. The summed E-state index contributed by atoms with van der Waals surface area (Å²) in [5, 5.41) is 9.41. The van der Waals surface area contributed by atoms with Gasteiger partial charge in [0.1, 0.15) is 12.4 Å². The molecule has 2 rings (SSSR count). The fraction of sp³-hybridized carbons (Fsp3) is 0.200. The van der Waals surface area contributed by atoms with Gasteiger partial charge in [0.25, 0.3) is 0 Å². The molecule has 2 aromatic rings. The normalized spacial score (nSPS) is 11.9. The molecule has 4 heteroatoms. The summed E-state index contributed by atoms with van der Waals surface area (Å²) in [6.45, 7) is 0.309. The molecule has 0 spiro atoms.